The van der Waals surface area contributed by atoms with E-state index in [4.69, 9.17) is 9.47 Å². The predicted octanol–water partition coefficient (Wildman–Crippen LogP) is 5.66. The van der Waals surface area contributed by atoms with Crippen molar-refractivity contribution in [1.29, 1.82) is 0 Å². The van der Waals surface area contributed by atoms with Gasteiger partial charge in [-0.2, -0.15) is 26.3 Å². The van der Waals surface area contributed by atoms with E-state index in [1.165, 1.54) is 10.8 Å². The van der Waals surface area contributed by atoms with E-state index in [1.807, 2.05) is 0 Å². The van der Waals surface area contributed by atoms with Gasteiger partial charge < -0.3 is 9.47 Å². The van der Waals surface area contributed by atoms with Crippen LogP contribution in [0.3, 0.4) is 0 Å². The Morgan fingerprint density at radius 2 is 1.08 bits per heavy atom. The molecule has 1 aliphatic carbocycles. The molecule has 0 bridgehead atoms. The topological polar surface area (TPSA) is 18.5 Å². The number of methoxy groups -OCH3 is 2. The van der Waals surface area contributed by atoms with Crippen molar-refractivity contribution in [3.63, 3.8) is 0 Å². The predicted molar refractivity (Wildman–Crippen MR) is 83.4 cm³/mol. The van der Waals surface area contributed by atoms with Crippen molar-refractivity contribution < 1.29 is 35.8 Å². The molecule has 2 aromatic rings. The van der Waals surface area contributed by atoms with Gasteiger partial charge in [0.25, 0.3) is 0 Å². The summed E-state index contributed by atoms with van der Waals surface area (Å²) in [6.45, 7) is 0. The lowest BCUT2D eigenvalue weighted by atomic mass is 9.98. The number of hydrogen-bond donors (Lipinski definition) is 0. The summed E-state index contributed by atoms with van der Waals surface area (Å²) in [6.07, 6.45) is 0. The molecule has 0 atom stereocenters. The van der Waals surface area contributed by atoms with Gasteiger partial charge in [0.2, 0.25) is 0 Å². The molecular weight excluding hydrogens is 390 g/mol. The minimum atomic E-state index is -5.59. The van der Waals surface area contributed by atoms with Gasteiger partial charge in [-0.1, -0.05) is 0 Å². The van der Waals surface area contributed by atoms with Crippen LogP contribution < -0.4 is 9.47 Å². The molecule has 136 valence electrons. The molecule has 0 saturated heterocycles. The first-order valence-electron chi connectivity index (χ1n) is 6.73. The van der Waals surface area contributed by atoms with Gasteiger partial charge in [-0.25, -0.2) is 0 Å². The molecule has 0 N–H and O–H groups in total. The molecule has 0 unspecified atom stereocenters. The van der Waals surface area contributed by atoms with Crippen LogP contribution >= 0.6 is 22.7 Å². The van der Waals surface area contributed by atoms with Gasteiger partial charge in [-0.3, -0.25) is 0 Å². The van der Waals surface area contributed by atoms with Gasteiger partial charge in [0, 0.05) is 22.3 Å². The molecule has 10 heteroatoms. The summed E-state index contributed by atoms with van der Waals surface area (Å²) in [6, 6.07) is 2.12. The van der Waals surface area contributed by atoms with E-state index in [-0.39, 0.29) is 10.1 Å². The second-order valence-electron chi connectivity index (χ2n) is 5.12. The number of thiophene rings is 2. The van der Waals surface area contributed by atoms with Crippen LogP contribution in [0.25, 0.3) is 11.1 Å². The van der Waals surface area contributed by atoms with Crippen LogP contribution in [0.4, 0.5) is 26.3 Å². The summed E-state index contributed by atoms with van der Waals surface area (Å²) in [5, 5.41) is 2.28. The number of allylic oxidation sites excluding steroid dienone is 2. The Morgan fingerprint density at radius 3 is 1.40 bits per heavy atom. The summed E-state index contributed by atoms with van der Waals surface area (Å²) in [5.41, 5.74) is -3.87. The fourth-order valence-electron chi connectivity index (χ4n) is 2.71. The Balaban J connectivity index is 2.42. The summed E-state index contributed by atoms with van der Waals surface area (Å²) < 4.78 is 95.7. The van der Waals surface area contributed by atoms with E-state index in [2.05, 4.69) is 0 Å². The van der Waals surface area contributed by atoms with Crippen molar-refractivity contribution >= 4 is 33.8 Å². The van der Waals surface area contributed by atoms with Crippen molar-refractivity contribution in [1.82, 2.24) is 0 Å². The van der Waals surface area contributed by atoms with Crippen LogP contribution in [-0.2, 0) is 0 Å². The van der Waals surface area contributed by atoms with Gasteiger partial charge in [-0.15, -0.1) is 22.7 Å². The third kappa shape index (κ3) is 2.23. The summed E-state index contributed by atoms with van der Waals surface area (Å²) in [5.74, 6) is -15.8. The average molecular weight is 400 g/mol. The monoisotopic (exact) mass is 400 g/mol. The summed E-state index contributed by atoms with van der Waals surface area (Å²) in [7, 11) is 2.29. The number of halogens is 6. The van der Waals surface area contributed by atoms with Crippen molar-refractivity contribution in [2.75, 3.05) is 14.2 Å². The minimum absolute atomic E-state index is 0.158. The van der Waals surface area contributed by atoms with Crippen molar-refractivity contribution in [2.45, 2.75) is 17.8 Å². The minimum Gasteiger partial charge on any atom is -0.487 e. The molecule has 0 spiro atoms. The molecule has 0 radical (unpaired) electrons. The molecule has 2 aromatic heterocycles. The normalized spacial score (nSPS) is 20.8. The zero-order valence-electron chi connectivity index (χ0n) is 12.7. The second kappa shape index (κ2) is 5.66. The highest BCUT2D eigenvalue weighted by Crippen LogP contribution is 2.66. The molecule has 2 nitrogen and oxygen atoms in total. The highest BCUT2D eigenvalue weighted by molar-refractivity contribution is 7.12. The zero-order valence-corrected chi connectivity index (χ0v) is 14.3. The van der Waals surface area contributed by atoms with Crippen LogP contribution in [0.15, 0.2) is 22.9 Å². The number of alkyl halides is 6. The fourth-order valence-corrected chi connectivity index (χ4v) is 4.15. The number of ether oxygens (including phenoxy) is 2. The van der Waals surface area contributed by atoms with Crippen LogP contribution in [-0.4, -0.2) is 32.0 Å². The molecule has 0 aliphatic heterocycles. The summed E-state index contributed by atoms with van der Waals surface area (Å²) in [4.78, 5) is 0. The quantitative estimate of drug-likeness (QED) is 0.617. The highest BCUT2D eigenvalue weighted by Gasteiger charge is 2.80. The largest absolute Gasteiger partial charge is 0.487 e. The third-order valence-electron chi connectivity index (χ3n) is 3.84. The van der Waals surface area contributed by atoms with Crippen LogP contribution in [0, 0.1) is 0 Å². The maximum absolute atomic E-state index is 14.5. The van der Waals surface area contributed by atoms with E-state index >= 15 is 0 Å². The van der Waals surface area contributed by atoms with Gasteiger partial charge >= 0.3 is 17.8 Å². The van der Waals surface area contributed by atoms with Crippen LogP contribution in [0.5, 0.6) is 10.1 Å². The lowest BCUT2D eigenvalue weighted by molar-refractivity contribution is -0.254. The molecule has 1 aliphatic rings. The molecule has 3 rings (SSSR count). The van der Waals surface area contributed by atoms with Gasteiger partial charge in [0.1, 0.15) is 0 Å². The maximum Gasteiger partial charge on any atom is 0.380 e. The SMILES string of the molecule is COc1sccc1C1=C(c2ccsc2OC)C(F)(F)C(F)(F)C1(F)F. The third-order valence-corrected chi connectivity index (χ3v) is 5.58. The van der Waals surface area contributed by atoms with E-state index < -0.39 is 40.0 Å². The Kier molecular flexibility index (Phi) is 4.11. The maximum atomic E-state index is 14.5. The van der Waals surface area contributed by atoms with Gasteiger partial charge in [0.15, 0.2) is 10.1 Å². The lowest BCUT2D eigenvalue weighted by Gasteiger charge is -2.25. The molecule has 0 aromatic carbocycles. The first-order chi connectivity index (χ1) is 11.6. The number of rotatable bonds is 4. The molecule has 0 fully saturated rings. The summed E-state index contributed by atoms with van der Waals surface area (Å²) >= 11 is 1.68. The Labute approximate surface area is 146 Å². The highest BCUT2D eigenvalue weighted by atomic mass is 32.1. The van der Waals surface area contributed by atoms with Crippen LogP contribution in [0.1, 0.15) is 11.1 Å². The van der Waals surface area contributed by atoms with Crippen molar-refractivity contribution in [2.24, 2.45) is 0 Å². The number of hydrogen-bond acceptors (Lipinski definition) is 4. The first kappa shape index (κ1) is 18.1. The smallest absolute Gasteiger partial charge is 0.380 e. The Hall–Kier alpha value is -1.68. The van der Waals surface area contributed by atoms with E-state index in [1.54, 1.807) is 0 Å². The molecule has 0 amide bonds. The van der Waals surface area contributed by atoms with E-state index in [0.29, 0.717) is 0 Å². The molecule has 25 heavy (non-hydrogen) atoms. The van der Waals surface area contributed by atoms with Gasteiger partial charge in [0.05, 0.1) is 14.2 Å². The fraction of sp³-hybridized carbons (Fsp3) is 0.333. The van der Waals surface area contributed by atoms with Crippen molar-refractivity contribution in [3.8, 4) is 10.1 Å². The van der Waals surface area contributed by atoms with Gasteiger partial charge in [-0.05, 0) is 22.9 Å². The molecular formula is C15H10F6O2S2. The first-order valence-corrected chi connectivity index (χ1v) is 8.49. The molecule has 2 heterocycles. The zero-order chi connectivity index (χ0) is 18.6. The van der Waals surface area contributed by atoms with Crippen LogP contribution in [0.2, 0.25) is 0 Å². The Morgan fingerprint density at radius 1 is 0.720 bits per heavy atom. The Bertz CT molecular complexity index is 770. The second-order valence-corrected chi connectivity index (χ2v) is 6.88. The average Bonchev–Trinajstić information content (AvgIpc) is 3.21. The lowest BCUT2D eigenvalue weighted by Crippen LogP contribution is -2.48. The van der Waals surface area contributed by atoms with Crippen molar-refractivity contribution in [3.05, 3.63) is 34.0 Å². The standard InChI is InChI=1S/C15H10F6O2S2/c1-22-11-7(3-5-24-11)9-10(8-4-6-25-12(8)23-2)14(18,19)15(20,21)13(9,16)17/h3-6H,1-2H3. The molecule has 0 saturated carbocycles. The van der Waals surface area contributed by atoms with E-state index in [9.17, 15) is 26.3 Å². The van der Waals surface area contributed by atoms with E-state index in [0.717, 1.165) is 49.0 Å².